The van der Waals surface area contributed by atoms with Crippen molar-refractivity contribution in [2.75, 3.05) is 19.1 Å². The predicted molar refractivity (Wildman–Crippen MR) is 129 cm³/mol. The van der Waals surface area contributed by atoms with E-state index in [1.165, 1.54) is 42.6 Å². The zero-order valence-electron chi connectivity index (χ0n) is 18.6. The molecule has 0 bridgehead atoms. The summed E-state index contributed by atoms with van der Waals surface area (Å²) >= 11 is 3.15. The van der Waals surface area contributed by atoms with Gasteiger partial charge in [-0.2, -0.15) is 8.42 Å². The summed E-state index contributed by atoms with van der Waals surface area (Å²) in [5.41, 5.74) is -1.87. The minimum atomic E-state index is -5.05. The third-order valence-electron chi connectivity index (χ3n) is 5.50. The molecular weight excluding hydrogens is 558 g/mol. The number of anilines is 1. The molecule has 12 heteroatoms. The molecule has 0 amide bonds. The monoisotopic (exact) mass is 573 g/mol. The number of hydrogen-bond acceptors (Lipinski definition) is 9. The van der Waals surface area contributed by atoms with Gasteiger partial charge in [-0.15, -0.1) is 0 Å². The third-order valence-corrected chi connectivity index (χ3v) is 6.99. The fourth-order valence-electron chi connectivity index (χ4n) is 3.98. The molecule has 0 saturated heterocycles. The van der Waals surface area contributed by atoms with Gasteiger partial charge in [0.05, 0.1) is 36.6 Å². The summed E-state index contributed by atoms with van der Waals surface area (Å²) in [4.78, 5) is 52.7. The number of halogens is 1. The summed E-state index contributed by atoms with van der Waals surface area (Å²) in [6, 6.07) is 6.89. The topological polar surface area (TPSA) is 144 Å². The molecule has 0 saturated carbocycles. The lowest BCUT2D eigenvalue weighted by Crippen LogP contribution is -2.32. The minimum absolute atomic E-state index is 0.00986. The SMILES string of the molecule is COC(=O)C1=C(C(=O)OC)N(c2c(S(=O)(=O)O)cc(Br)c3c2C(=O)c2ccccc2C3=O)C=CC=C1. The fraction of sp³-hybridized carbons (Fsp3) is 0.0833. The van der Waals surface area contributed by atoms with Gasteiger partial charge in [-0.05, 0) is 34.1 Å². The molecule has 0 fully saturated rings. The van der Waals surface area contributed by atoms with Gasteiger partial charge in [0.25, 0.3) is 10.1 Å². The van der Waals surface area contributed by atoms with Crippen molar-refractivity contribution in [1.29, 1.82) is 0 Å². The molecule has 1 aliphatic heterocycles. The number of ether oxygens (including phenoxy) is 2. The maximum Gasteiger partial charge on any atom is 0.355 e. The van der Waals surface area contributed by atoms with Crippen LogP contribution in [-0.2, 0) is 29.2 Å². The van der Waals surface area contributed by atoms with Gasteiger partial charge < -0.3 is 14.4 Å². The second-order valence-electron chi connectivity index (χ2n) is 7.45. The zero-order valence-corrected chi connectivity index (χ0v) is 21.0. The number of esters is 2. The number of benzene rings is 2. The van der Waals surface area contributed by atoms with Crippen LogP contribution in [0.15, 0.2) is 75.4 Å². The Hall–Kier alpha value is -3.87. The van der Waals surface area contributed by atoms with E-state index in [0.29, 0.717) is 0 Å². The maximum absolute atomic E-state index is 13.7. The summed E-state index contributed by atoms with van der Waals surface area (Å²) in [7, 11) is -2.94. The van der Waals surface area contributed by atoms with Gasteiger partial charge in [0.1, 0.15) is 10.6 Å². The van der Waals surface area contributed by atoms with Crippen molar-refractivity contribution in [2.24, 2.45) is 0 Å². The Morgan fingerprint density at radius 1 is 0.944 bits per heavy atom. The van der Waals surface area contributed by atoms with Gasteiger partial charge in [-0.1, -0.05) is 30.3 Å². The van der Waals surface area contributed by atoms with Crippen LogP contribution in [0.4, 0.5) is 5.69 Å². The van der Waals surface area contributed by atoms with Crippen molar-refractivity contribution in [3.63, 3.8) is 0 Å². The highest BCUT2D eigenvalue weighted by Gasteiger charge is 2.40. The third kappa shape index (κ3) is 3.98. The molecule has 4 rings (SSSR count). The molecule has 10 nitrogen and oxygen atoms in total. The summed E-state index contributed by atoms with van der Waals surface area (Å²) < 4.78 is 44.7. The number of allylic oxidation sites excluding steroid dienone is 2. The molecule has 184 valence electrons. The molecule has 0 unspecified atom stereocenters. The lowest BCUT2D eigenvalue weighted by atomic mass is 9.83. The second kappa shape index (κ2) is 9.30. The Morgan fingerprint density at radius 2 is 1.53 bits per heavy atom. The van der Waals surface area contributed by atoms with E-state index in [0.717, 1.165) is 25.2 Å². The molecular formula is C24H16BrNO9S. The van der Waals surface area contributed by atoms with Crippen molar-refractivity contribution in [3.8, 4) is 0 Å². The van der Waals surface area contributed by atoms with E-state index >= 15 is 0 Å². The Labute approximate surface area is 213 Å². The van der Waals surface area contributed by atoms with Crippen molar-refractivity contribution in [1.82, 2.24) is 0 Å². The number of ketones is 2. The summed E-state index contributed by atoms with van der Waals surface area (Å²) in [6.07, 6.45) is 5.14. The molecule has 2 aromatic carbocycles. The first kappa shape index (κ1) is 25.2. The molecule has 2 aromatic rings. The van der Waals surface area contributed by atoms with E-state index in [-0.39, 0.29) is 26.7 Å². The van der Waals surface area contributed by atoms with Crippen LogP contribution in [0.25, 0.3) is 0 Å². The van der Waals surface area contributed by atoms with Gasteiger partial charge in [-0.25, -0.2) is 9.59 Å². The average molecular weight is 574 g/mol. The normalized spacial score (nSPS) is 14.8. The average Bonchev–Trinajstić information content (AvgIpc) is 3.08. The van der Waals surface area contributed by atoms with Crippen molar-refractivity contribution in [3.05, 3.63) is 92.8 Å². The molecule has 0 atom stereocenters. The highest BCUT2D eigenvalue weighted by molar-refractivity contribution is 9.10. The second-order valence-corrected chi connectivity index (χ2v) is 9.69. The molecule has 0 aromatic heterocycles. The summed E-state index contributed by atoms with van der Waals surface area (Å²) in [6.45, 7) is 0. The minimum Gasteiger partial charge on any atom is -0.465 e. The molecule has 1 aliphatic carbocycles. The number of rotatable bonds is 4. The van der Waals surface area contributed by atoms with E-state index < -0.39 is 55.5 Å². The van der Waals surface area contributed by atoms with Crippen LogP contribution >= 0.6 is 15.9 Å². The highest BCUT2D eigenvalue weighted by Crippen LogP contribution is 2.44. The summed E-state index contributed by atoms with van der Waals surface area (Å²) in [5.74, 6) is -3.38. The van der Waals surface area contributed by atoms with Crippen LogP contribution in [-0.4, -0.2) is 50.7 Å². The zero-order chi connectivity index (χ0) is 26.4. The molecule has 1 heterocycles. The molecule has 0 spiro atoms. The predicted octanol–water partition coefficient (Wildman–Crippen LogP) is 2.96. The fourth-order valence-corrected chi connectivity index (χ4v) is 5.45. The Balaban J connectivity index is 2.19. The largest absolute Gasteiger partial charge is 0.465 e. The number of carbonyl (C=O) groups excluding carboxylic acids is 4. The van der Waals surface area contributed by atoms with Gasteiger partial charge in [0.2, 0.25) is 0 Å². The van der Waals surface area contributed by atoms with E-state index in [4.69, 9.17) is 9.47 Å². The lowest BCUT2D eigenvalue weighted by molar-refractivity contribution is -0.139. The Bertz CT molecular complexity index is 1570. The Kier molecular flexibility index (Phi) is 6.52. The maximum atomic E-state index is 13.7. The van der Waals surface area contributed by atoms with E-state index in [9.17, 15) is 32.1 Å². The standard InChI is InChI=1S/C24H16BrNO9S/c1-34-23(29)14-9-5-6-10-26(19(14)24(30)35-2)20-16(36(31,32)33)11-15(25)17-18(20)22(28)13-8-4-3-7-12(13)21(17)27/h3-11H,1-2H3,(H,31,32,33). The van der Waals surface area contributed by atoms with Crippen LogP contribution in [0.3, 0.4) is 0 Å². The van der Waals surface area contributed by atoms with Crippen molar-refractivity contribution >= 4 is 55.2 Å². The first-order valence-electron chi connectivity index (χ1n) is 10.1. The van der Waals surface area contributed by atoms with Gasteiger partial charge in [-0.3, -0.25) is 14.1 Å². The van der Waals surface area contributed by atoms with Crippen LogP contribution in [0.2, 0.25) is 0 Å². The number of nitrogens with zero attached hydrogens (tertiary/aromatic N) is 1. The van der Waals surface area contributed by atoms with Crippen LogP contribution in [0.1, 0.15) is 31.8 Å². The van der Waals surface area contributed by atoms with E-state index in [1.807, 2.05) is 0 Å². The van der Waals surface area contributed by atoms with Gasteiger partial charge in [0, 0.05) is 21.8 Å². The molecule has 2 aliphatic rings. The van der Waals surface area contributed by atoms with E-state index in [2.05, 4.69) is 15.9 Å². The molecule has 1 N–H and O–H groups in total. The van der Waals surface area contributed by atoms with Crippen molar-refractivity contribution in [2.45, 2.75) is 4.90 Å². The Morgan fingerprint density at radius 3 is 2.08 bits per heavy atom. The van der Waals surface area contributed by atoms with Crippen molar-refractivity contribution < 1.29 is 41.6 Å². The lowest BCUT2D eigenvalue weighted by Gasteiger charge is -2.30. The number of methoxy groups -OCH3 is 2. The highest BCUT2D eigenvalue weighted by atomic mass is 79.9. The van der Waals surface area contributed by atoms with E-state index in [1.54, 1.807) is 6.07 Å². The number of fused-ring (bicyclic) bond motifs is 2. The first-order chi connectivity index (χ1) is 17.0. The van der Waals surface area contributed by atoms with Crippen LogP contribution in [0.5, 0.6) is 0 Å². The molecule has 0 radical (unpaired) electrons. The van der Waals surface area contributed by atoms with Crippen LogP contribution in [0, 0.1) is 0 Å². The van der Waals surface area contributed by atoms with Crippen LogP contribution < -0.4 is 4.90 Å². The van der Waals surface area contributed by atoms with Gasteiger partial charge >= 0.3 is 11.9 Å². The molecule has 36 heavy (non-hydrogen) atoms. The quantitative estimate of drug-likeness (QED) is 0.365. The number of hydrogen-bond donors (Lipinski definition) is 1. The first-order valence-corrected chi connectivity index (χ1v) is 12.3. The smallest absolute Gasteiger partial charge is 0.355 e. The van der Waals surface area contributed by atoms with Gasteiger partial charge in [0.15, 0.2) is 11.6 Å². The number of carbonyl (C=O) groups is 4. The summed E-state index contributed by atoms with van der Waals surface area (Å²) in [5, 5.41) is 0.